The van der Waals surface area contributed by atoms with Crippen LogP contribution in [0.15, 0.2) is 36.0 Å². The summed E-state index contributed by atoms with van der Waals surface area (Å²) >= 11 is 0. The molecule has 1 heteroatoms. The lowest BCUT2D eigenvalue weighted by molar-refractivity contribution is 0.354. The summed E-state index contributed by atoms with van der Waals surface area (Å²) in [5.41, 5.74) is 1.64. The van der Waals surface area contributed by atoms with Crippen molar-refractivity contribution in [1.82, 2.24) is 5.32 Å². The van der Waals surface area contributed by atoms with Crippen molar-refractivity contribution in [3.63, 3.8) is 0 Å². The quantitative estimate of drug-likeness (QED) is 0.720. The molecule has 0 amide bonds. The Morgan fingerprint density at radius 2 is 1.89 bits per heavy atom. The first kappa shape index (κ1) is 15.2. The van der Waals surface area contributed by atoms with Crippen LogP contribution in [0.2, 0.25) is 0 Å². The van der Waals surface area contributed by atoms with Gasteiger partial charge in [-0.1, -0.05) is 65.0 Å². The molecule has 1 fully saturated rings. The maximum Gasteiger partial charge on any atom is 0.0317 e. The van der Waals surface area contributed by atoms with Gasteiger partial charge in [0.05, 0.1) is 0 Å². The first-order valence-corrected chi connectivity index (χ1v) is 7.39. The van der Waals surface area contributed by atoms with E-state index in [0.29, 0.717) is 6.04 Å². The fourth-order valence-electron chi connectivity index (χ4n) is 2.50. The fraction of sp³-hybridized carbons (Fsp3) is 0.647. The predicted octanol–water partition coefficient (Wildman–Crippen LogP) is 4.48. The minimum atomic E-state index is 0.184. The van der Waals surface area contributed by atoms with E-state index < -0.39 is 0 Å². The van der Waals surface area contributed by atoms with E-state index in [1.807, 2.05) is 13.8 Å². The molecule has 18 heavy (non-hydrogen) atoms. The highest BCUT2D eigenvalue weighted by atomic mass is 14.9. The summed E-state index contributed by atoms with van der Waals surface area (Å²) in [6.07, 6.45) is 13.9. The molecule has 0 saturated carbocycles. The molecule has 0 bridgehead atoms. The number of rotatable bonds is 1. The largest absolute Gasteiger partial charge is 0.310 e. The van der Waals surface area contributed by atoms with Gasteiger partial charge in [0.2, 0.25) is 0 Å². The second-order valence-corrected chi connectivity index (χ2v) is 5.83. The van der Waals surface area contributed by atoms with E-state index in [1.165, 1.54) is 18.4 Å². The van der Waals surface area contributed by atoms with Crippen molar-refractivity contribution >= 4 is 0 Å². The monoisotopic (exact) mass is 247 g/mol. The summed E-state index contributed by atoms with van der Waals surface area (Å²) < 4.78 is 0. The third kappa shape index (κ3) is 4.45. The van der Waals surface area contributed by atoms with Crippen molar-refractivity contribution in [1.29, 1.82) is 0 Å². The lowest BCUT2D eigenvalue weighted by Crippen LogP contribution is -2.39. The highest BCUT2D eigenvalue weighted by Gasteiger charge is 2.22. The van der Waals surface area contributed by atoms with Gasteiger partial charge in [-0.05, 0) is 30.9 Å². The SMILES string of the molecule is CC.CC1CCC(C2=CC(C)(C)C=CC=C2)NC1. The minimum Gasteiger partial charge on any atom is -0.310 e. The molecule has 1 saturated heterocycles. The molecular formula is C17H29N. The zero-order valence-electron chi connectivity index (χ0n) is 12.7. The van der Waals surface area contributed by atoms with Crippen molar-refractivity contribution in [2.45, 2.75) is 53.5 Å². The predicted molar refractivity (Wildman–Crippen MR) is 81.7 cm³/mol. The van der Waals surface area contributed by atoms with Crippen molar-refractivity contribution in [3.05, 3.63) is 36.0 Å². The normalized spacial score (nSPS) is 29.9. The number of nitrogens with one attached hydrogen (secondary N) is 1. The highest BCUT2D eigenvalue weighted by Crippen LogP contribution is 2.28. The van der Waals surface area contributed by atoms with Crippen LogP contribution < -0.4 is 5.32 Å². The second-order valence-electron chi connectivity index (χ2n) is 5.83. The van der Waals surface area contributed by atoms with Crippen molar-refractivity contribution < 1.29 is 0 Å². The fourth-order valence-corrected chi connectivity index (χ4v) is 2.50. The van der Waals surface area contributed by atoms with E-state index in [9.17, 15) is 0 Å². The van der Waals surface area contributed by atoms with Crippen LogP contribution >= 0.6 is 0 Å². The van der Waals surface area contributed by atoms with Gasteiger partial charge in [-0.15, -0.1) is 0 Å². The average Bonchev–Trinajstić information content (AvgIpc) is 2.54. The van der Waals surface area contributed by atoms with Gasteiger partial charge in [0, 0.05) is 11.5 Å². The van der Waals surface area contributed by atoms with Crippen LogP contribution in [0.4, 0.5) is 0 Å². The van der Waals surface area contributed by atoms with E-state index in [4.69, 9.17) is 0 Å². The van der Waals surface area contributed by atoms with Crippen LogP contribution in [0.5, 0.6) is 0 Å². The van der Waals surface area contributed by atoms with Crippen molar-refractivity contribution in [2.24, 2.45) is 11.3 Å². The second kappa shape index (κ2) is 6.94. The summed E-state index contributed by atoms with van der Waals surface area (Å²) in [6, 6.07) is 0.562. The lowest BCUT2D eigenvalue weighted by Gasteiger charge is -2.30. The van der Waals surface area contributed by atoms with Gasteiger partial charge in [-0.2, -0.15) is 0 Å². The van der Waals surface area contributed by atoms with Gasteiger partial charge in [-0.3, -0.25) is 0 Å². The zero-order chi connectivity index (χ0) is 13.6. The molecule has 1 N–H and O–H groups in total. The first-order valence-electron chi connectivity index (χ1n) is 7.39. The third-order valence-corrected chi connectivity index (χ3v) is 3.53. The van der Waals surface area contributed by atoms with Crippen LogP contribution in [0.3, 0.4) is 0 Å². The molecule has 1 aliphatic heterocycles. The van der Waals surface area contributed by atoms with Crippen LogP contribution in [0.25, 0.3) is 0 Å². The molecule has 0 aromatic carbocycles. The van der Waals surface area contributed by atoms with Gasteiger partial charge < -0.3 is 5.32 Å². The molecule has 0 aromatic rings. The molecule has 0 spiro atoms. The molecule has 102 valence electrons. The summed E-state index contributed by atoms with van der Waals surface area (Å²) in [5.74, 6) is 0.831. The lowest BCUT2D eigenvalue weighted by atomic mass is 9.86. The topological polar surface area (TPSA) is 12.0 Å². The Balaban J connectivity index is 0.000000771. The molecular weight excluding hydrogens is 218 g/mol. The van der Waals surface area contributed by atoms with Gasteiger partial charge in [0.1, 0.15) is 0 Å². The molecule has 2 rings (SSSR count). The van der Waals surface area contributed by atoms with Gasteiger partial charge in [0.15, 0.2) is 0 Å². The Morgan fingerprint density at radius 3 is 2.50 bits per heavy atom. The Bertz CT molecular complexity index is 326. The molecule has 0 radical (unpaired) electrons. The smallest absolute Gasteiger partial charge is 0.0317 e. The van der Waals surface area contributed by atoms with Crippen LogP contribution in [0.1, 0.15) is 47.5 Å². The van der Waals surface area contributed by atoms with Crippen molar-refractivity contribution in [3.8, 4) is 0 Å². The standard InChI is InChI=1S/C15H23N.C2H6/c1-12-7-8-14(16-11-12)13-6-4-5-9-15(2,3)10-13;1-2/h4-6,9-10,12,14,16H,7-8,11H2,1-3H3;1-2H3. The first-order chi connectivity index (χ1) is 8.57. The van der Waals surface area contributed by atoms with E-state index in [1.54, 1.807) is 0 Å². The minimum absolute atomic E-state index is 0.184. The number of allylic oxidation sites excluding steroid dienone is 4. The maximum atomic E-state index is 3.66. The maximum absolute atomic E-state index is 3.66. The molecule has 1 nitrogen and oxygen atoms in total. The Kier molecular flexibility index (Phi) is 5.87. The highest BCUT2D eigenvalue weighted by molar-refractivity contribution is 5.34. The molecule has 1 heterocycles. The molecule has 0 aromatic heterocycles. The van der Waals surface area contributed by atoms with Gasteiger partial charge in [0.25, 0.3) is 0 Å². The van der Waals surface area contributed by atoms with Crippen molar-refractivity contribution in [2.75, 3.05) is 6.54 Å². The molecule has 2 atom stereocenters. The van der Waals surface area contributed by atoms with Crippen LogP contribution in [-0.4, -0.2) is 12.6 Å². The molecule has 2 aliphatic rings. The Hall–Kier alpha value is -0.820. The molecule has 1 aliphatic carbocycles. The van der Waals surface area contributed by atoms with Crippen LogP contribution in [0, 0.1) is 11.3 Å². The van der Waals surface area contributed by atoms with E-state index in [0.717, 1.165) is 12.5 Å². The Labute approximate surface area is 113 Å². The summed E-state index contributed by atoms with van der Waals surface area (Å²) in [4.78, 5) is 0. The summed E-state index contributed by atoms with van der Waals surface area (Å²) in [6.45, 7) is 12.0. The van der Waals surface area contributed by atoms with Gasteiger partial charge >= 0.3 is 0 Å². The number of hydrogen-bond donors (Lipinski definition) is 1. The summed E-state index contributed by atoms with van der Waals surface area (Å²) in [5, 5.41) is 3.66. The van der Waals surface area contributed by atoms with E-state index in [2.05, 4.69) is 56.5 Å². The Morgan fingerprint density at radius 1 is 1.17 bits per heavy atom. The number of piperidine rings is 1. The van der Waals surface area contributed by atoms with Crippen LogP contribution in [-0.2, 0) is 0 Å². The average molecular weight is 247 g/mol. The third-order valence-electron chi connectivity index (χ3n) is 3.53. The summed E-state index contributed by atoms with van der Waals surface area (Å²) in [7, 11) is 0. The van der Waals surface area contributed by atoms with Gasteiger partial charge in [-0.25, -0.2) is 0 Å². The number of hydrogen-bond acceptors (Lipinski definition) is 1. The van der Waals surface area contributed by atoms with E-state index in [-0.39, 0.29) is 5.41 Å². The zero-order valence-corrected chi connectivity index (χ0v) is 12.7. The molecule has 2 unspecified atom stereocenters. The van der Waals surface area contributed by atoms with E-state index >= 15 is 0 Å².